The molecule has 0 aromatic rings. The van der Waals surface area contributed by atoms with Crippen LogP contribution in [0.15, 0.2) is 0 Å². The summed E-state index contributed by atoms with van der Waals surface area (Å²) in [4.78, 5) is 9.96. The predicted molar refractivity (Wildman–Crippen MR) is 28.2 cm³/mol. The van der Waals surface area contributed by atoms with E-state index in [0.29, 0.717) is 6.42 Å². The first-order chi connectivity index (χ1) is 4.81. The Hall–Kier alpha value is 0.104. The molecule has 0 aliphatic rings. The molecule has 0 N–H and O–H groups in total. The monoisotopic (exact) mass is 183 g/mol. The van der Waals surface area contributed by atoms with Gasteiger partial charge in [-0.1, -0.05) is 0 Å². The third-order valence-electron chi connectivity index (χ3n) is 0.403. The van der Waals surface area contributed by atoms with Gasteiger partial charge in [0.1, 0.15) is 0 Å². The molecule has 5 heteroatoms. The minimum Gasteiger partial charge on any atom is -0.857 e. The quantitative estimate of drug-likeness (QED) is 0.456. The summed E-state index contributed by atoms with van der Waals surface area (Å²) >= 11 is 1.38. The van der Waals surface area contributed by atoms with Crippen molar-refractivity contribution < 1.29 is 39.1 Å². The van der Waals surface area contributed by atoms with Crippen molar-refractivity contribution in [2.24, 2.45) is 0 Å². The van der Waals surface area contributed by atoms with Crippen LogP contribution in [0.4, 0.5) is 0 Å². The van der Waals surface area contributed by atoms with E-state index in [1.54, 1.807) is 6.92 Å². The number of hydrogen-bond acceptors (Lipinski definition) is 4. The first-order valence-corrected chi connectivity index (χ1v) is 3.13. The molecule has 0 unspecified atom stereocenters. The molecule has 0 radical (unpaired) electrons. The van der Waals surface area contributed by atoms with E-state index in [9.17, 15) is 4.79 Å². The van der Waals surface area contributed by atoms with Gasteiger partial charge in [-0.25, -0.2) is 0 Å². The summed E-state index contributed by atoms with van der Waals surface area (Å²) in [6.45, 7) is 1.76. The van der Waals surface area contributed by atoms with Crippen LogP contribution in [0.25, 0.3) is 0 Å². The summed E-state index contributed by atoms with van der Waals surface area (Å²) in [5.74, 6) is -0.157. The van der Waals surface area contributed by atoms with Gasteiger partial charge in [-0.15, -0.1) is 0 Å². The van der Waals surface area contributed by atoms with E-state index in [1.165, 1.54) is 20.8 Å². The number of carbonyl (C=O) groups excluding carboxylic acids is 1. The molecule has 0 atom stereocenters. The molecule has 0 saturated carbocycles. The maximum Gasteiger partial charge on any atom is -0.153 e. The van der Waals surface area contributed by atoms with E-state index in [2.05, 4.69) is 3.32 Å². The normalized spacial score (nSPS) is 5.90. The van der Waals surface area contributed by atoms with Crippen molar-refractivity contribution >= 4 is 5.97 Å². The molecule has 0 saturated heterocycles. The van der Waals surface area contributed by atoms with Crippen LogP contribution in [0, 0.1) is 0 Å². The smallest absolute Gasteiger partial charge is 0.153 e. The van der Waals surface area contributed by atoms with Crippen LogP contribution in [0.3, 0.4) is 0 Å². The third-order valence-corrected chi connectivity index (χ3v) is 0.758. The van der Waals surface area contributed by atoms with Crippen molar-refractivity contribution in [3.63, 3.8) is 0 Å². The Morgan fingerprint density at radius 3 is 1.70 bits per heavy atom. The molecule has 4 nitrogen and oxygen atoms in total. The van der Waals surface area contributed by atoms with E-state index in [0.717, 1.165) is 14.2 Å². The van der Waals surface area contributed by atoms with Crippen LogP contribution in [0.1, 0.15) is 13.3 Å². The Morgan fingerprint density at radius 1 is 1.40 bits per heavy atom. The minimum absolute atomic E-state index is 0.157. The molecule has 0 amide bonds. The maximum absolute atomic E-state index is 9.96. The van der Waals surface area contributed by atoms with E-state index < -0.39 is 0 Å². The van der Waals surface area contributed by atoms with Gasteiger partial charge in [0, 0.05) is 0 Å². The fraction of sp³-hybridized carbons (Fsp3) is 0.800. The van der Waals surface area contributed by atoms with E-state index in [4.69, 9.17) is 10.2 Å². The van der Waals surface area contributed by atoms with Gasteiger partial charge >= 0.3 is 48.3 Å². The molecule has 0 fully saturated rings. The van der Waals surface area contributed by atoms with Crippen LogP contribution in [-0.2, 0) is 28.9 Å². The van der Waals surface area contributed by atoms with Gasteiger partial charge < -0.3 is 10.2 Å². The molecule has 0 heterocycles. The van der Waals surface area contributed by atoms with Crippen molar-refractivity contribution in [1.29, 1.82) is 0 Å². The summed E-state index contributed by atoms with van der Waals surface area (Å²) in [7, 11) is 1.50. The minimum atomic E-state index is -0.157. The van der Waals surface area contributed by atoms with Crippen LogP contribution >= 0.6 is 0 Å². The zero-order valence-electron chi connectivity index (χ0n) is 6.34. The molecule has 0 spiro atoms. The van der Waals surface area contributed by atoms with Crippen molar-refractivity contribution in [1.82, 2.24) is 0 Å². The second-order valence-electron chi connectivity index (χ2n) is 0.828. The second-order valence-corrected chi connectivity index (χ2v) is 1.15. The first kappa shape index (κ1) is 16.6. The van der Waals surface area contributed by atoms with Crippen molar-refractivity contribution in [3.05, 3.63) is 0 Å². The first-order valence-electron chi connectivity index (χ1n) is 2.49. The van der Waals surface area contributed by atoms with Crippen molar-refractivity contribution in [2.75, 3.05) is 14.2 Å². The van der Waals surface area contributed by atoms with Crippen LogP contribution < -0.4 is 10.2 Å². The molecule has 0 aliphatic heterocycles. The van der Waals surface area contributed by atoms with Gasteiger partial charge in [0.25, 0.3) is 0 Å². The third kappa shape index (κ3) is 24.3. The summed E-state index contributed by atoms with van der Waals surface area (Å²) < 4.78 is 4.26. The van der Waals surface area contributed by atoms with E-state index in [1.807, 2.05) is 0 Å². The molecule has 0 aromatic carbocycles. The predicted octanol–water partition coefficient (Wildman–Crippen LogP) is -1.65. The summed E-state index contributed by atoms with van der Waals surface area (Å²) in [5.41, 5.74) is 0. The molecular weight excluding hydrogens is 172 g/mol. The van der Waals surface area contributed by atoms with E-state index in [-0.39, 0.29) is 5.97 Å². The summed E-state index contributed by atoms with van der Waals surface area (Å²) in [6.07, 6.45) is 0.469. The fourth-order valence-corrected chi connectivity index (χ4v) is 0.298. The second kappa shape index (κ2) is 23.0. The van der Waals surface area contributed by atoms with Gasteiger partial charge in [-0.05, 0) is 0 Å². The Kier molecular flexibility index (Phi) is 38.1. The Balaban J connectivity index is -0.000000105. The zero-order valence-corrected chi connectivity index (χ0v) is 7.90. The fourth-order valence-electron chi connectivity index (χ4n) is 0.0722. The van der Waals surface area contributed by atoms with Crippen molar-refractivity contribution in [3.8, 4) is 0 Å². The van der Waals surface area contributed by atoms with E-state index >= 15 is 0 Å². The molecule has 59 valence electrons. The molecule has 0 aliphatic carbocycles. The molecule has 10 heavy (non-hydrogen) atoms. The average Bonchev–Trinajstić information content (AvgIpc) is 2.10. The zero-order chi connectivity index (χ0) is 8.99. The van der Waals surface area contributed by atoms with Crippen molar-refractivity contribution in [2.45, 2.75) is 13.3 Å². The van der Waals surface area contributed by atoms with Gasteiger partial charge in [0.15, 0.2) is 0 Å². The van der Waals surface area contributed by atoms with Gasteiger partial charge in [0.2, 0.25) is 0 Å². The molecular formula is C5H11O4Ti. The Labute approximate surface area is 73.1 Å². The van der Waals surface area contributed by atoms with Crippen LogP contribution in [0.5, 0.6) is 0 Å². The van der Waals surface area contributed by atoms with Crippen LogP contribution in [0.2, 0.25) is 0 Å². The SMILES string of the molecule is CCC(=O)[O][Ti+2].C[O-].C[O-]. The van der Waals surface area contributed by atoms with Gasteiger partial charge in [-0.3, -0.25) is 0 Å². The molecule has 0 rings (SSSR count). The maximum atomic E-state index is 9.96. The topological polar surface area (TPSA) is 72.4 Å². The Bertz CT molecular complexity index is 51.6. The number of rotatable bonds is 1. The standard InChI is InChI=1S/C3H6O2.2CH3O.Ti/c1-2-3(4)5;2*1-2;/h2H2,1H3,(H,4,5);2*1H3;/q;2*-1;+3/p-1. The average molecular weight is 183 g/mol. The number of hydrogen-bond donors (Lipinski definition) is 0. The Morgan fingerprint density at radius 2 is 1.70 bits per heavy atom. The van der Waals surface area contributed by atoms with Crippen LogP contribution in [-0.4, -0.2) is 20.2 Å². The van der Waals surface area contributed by atoms with Gasteiger partial charge in [-0.2, -0.15) is 14.2 Å². The molecule has 0 bridgehead atoms. The largest absolute Gasteiger partial charge is 0.857 e. The summed E-state index contributed by atoms with van der Waals surface area (Å²) in [5, 5.41) is 16.5. The molecule has 0 aromatic heterocycles. The summed E-state index contributed by atoms with van der Waals surface area (Å²) in [6, 6.07) is 0. The van der Waals surface area contributed by atoms with Gasteiger partial charge in [0.05, 0.1) is 0 Å². The number of carbonyl (C=O) groups is 1.